The Balaban J connectivity index is 1.34. The zero-order valence-electron chi connectivity index (χ0n) is 12.1. The molecule has 6 heteroatoms. The van der Waals surface area contributed by atoms with E-state index in [9.17, 15) is 4.79 Å². The first-order valence-electron chi connectivity index (χ1n) is 7.50. The topological polar surface area (TPSA) is 66.8 Å². The van der Waals surface area contributed by atoms with Crippen LogP contribution >= 0.6 is 0 Å². The van der Waals surface area contributed by atoms with Gasteiger partial charge >= 0.3 is 0 Å². The molecule has 1 saturated heterocycles. The second-order valence-corrected chi connectivity index (χ2v) is 5.66. The number of rotatable bonds is 4. The number of aryl methyl sites for hydroxylation is 1. The van der Waals surface area contributed by atoms with E-state index in [4.69, 9.17) is 0 Å². The fourth-order valence-electron chi connectivity index (χ4n) is 2.96. The summed E-state index contributed by atoms with van der Waals surface area (Å²) in [4.78, 5) is 19.0. The Morgan fingerprint density at radius 1 is 1.23 bits per heavy atom. The lowest BCUT2D eigenvalue weighted by Crippen LogP contribution is -2.51. The molecule has 0 spiro atoms. The molecule has 0 bridgehead atoms. The van der Waals surface area contributed by atoms with Gasteiger partial charge in [0.05, 0.1) is 12.4 Å². The second kappa shape index (κ2) is 5.29. The molecule has 1 amide bonds. The molecule has 3 aromatic rings. The lowest BCUT2D eigenvalue weighted by molar-refractivity contribution is -0.137. The van der Waals surface area contributed by atoms with Gasteiger partial charge in [-0.1, -0.05) is 18.2 Å². The Morgan fingerprint density at radius 3 is 2.82 bits per heavy atom. The molecular weight excluding hydrogens is 278 g/mol. The number of fused-ring (bicyclic) bond motifs is 1. The summed E-state index contributed by atoms with van der Waals surface area (Å²) in [5.41, 5.74) is 2.33. The third-order valence-electron chi connectivity index (χ3n) is 4.26. The van der Waals surface area contributed by atoms with E-state index in [1.165, 1.54) is 10.9 Å². The average Bonchev–Trinajstić information content (AvgIpc) is 3.13. The van der Waals surface area contributed by atoms with E-state index >= 15 is 0 Å². The molecule has 1 N–H and O–H groups in total. The number of amides is 1. The van der Waals surface area contributed by atoms with Crippen molar-refractivity contribution in [2.24, 2.45) is 0 Å². The molecule has 1 aliphatic rings. The van der Waals surface area contributed by atoms with Gasteiger partial charge in [0.15, 0.2) is 0 Å². The van der Waals surface area contributed by atoms with Crippen LogP contribution in [0.5, 0.6) is 0 Å². The van der Waals surface area contributed by atoms with E-state index < -0.39 is 0 Å². The minimum Gasteiger partial charge on any atom is -0.361 e. The van der Waals surface area contributed by atoms with E-state index in [0.717, 1.165) is 11.9 Å². The average molecular weight is 295 g/mol. The SMILES string of the molecule is O=C(CCc1c[nH]c2ccccc12)N1CC(n2nccn2)C1. The Morgan fingerprint density at radius 2 is 2.00 bits per heavy atom. The minimum atomic E-state index is 0.202. The smallest absolute Gasteiger partial charge is 0.223 e. The van der Waals surface area contributed by atoms with Crippen LogP contribution in [0.3, 0.4) is 0 Å². The number of benzene rings is 1. The van der Waals surface area contributed by atoms with Gasteiger partial charge in [0.25, 0.3) is 0 Å². The number of nitrogens with zero attached hydrogens (tertiary/aromatic N) is 4. The largest absolute Gasteiger partial charge is 0.361 e. The van der Waals surface area contributed by atoms with Gasteiger partial charge < -0.3 is 9.88 Å². The Bertz CT molecular complexity index is 786. The van der Waals surface area contributed by atoms with Crippen LogP contribution in [0.2, 0.25) is 0 Å². The summed E-state index contributed by atoms with van der Waals surface area (Å²) in [6, 6.07) is 8.41. The van der Waals surface area contributed by atoms with E-state index in [-0.39, 0.29) is 11.9 Å². The summed E-state index contributed by atoms with van der Waals surface area (Å²) in [6.45, 7) is 1.42. The number of hydrogen-bond donors (Lipinski definition) is 1. The summed E-state index contributed by atoms with van der Waals surface area (Å²) in [5.74, 6) is 0.202. The molecule has 0 radical (unpaired) electrons. The van der Waals surface area contributed by atoms with Crippen LogP contribution in [0.4, 0.5) is 0 Å². The van der Waals surface area contributed by atoms with Crippen LogP contribution < -0.4 is 0 Å². The van der Waals surface area contributed by atoms with Crippen LogP contribution in [0, 0.1) is 0 Å². The van der Waals surface area contributed by atoms with Gasteiger partial charge in [0.1, 0.15) is 6.04 Å². The van der Waals surface area contributed by atoms with Crippen molar-refractivity contribution in [3.05, 3.63) is 48.4 Å². The lowest BCUT2D eigenvalue weighted by atomic mass is 10.1. The number of H-pyrrole nitrogens is 1. The van der Waals surface area contributed by atoms with Crippen molar-refractivity contribution in [3.63, 3.8) is 0 Å². The second-order valence-electron chi connectivity index (χ2n) is 5.66. The van der Waals surface area contributed by atoms with Crippen molar-refractivity contribution in [1.29, 1.82) is 0 Å². The van der Waals surface area contributed by atoms with Gasteiger partial charge in [-0.15, -0.1) is 0 Å². The fraction of sp³-hybridized carbons (Fsp3) is 0.312. The number of carbonyl (C=O) groups is 1. The molecule has 0 unspecified atom stereocenters. The number of aromatic nitrogens is 4. The molecule has 1 aliphatic heterocycles. The molecule has 3 heterocycles. The van der Waals surface area contributed by atoms with E-state index in [1.54, 1.807) is 17.2 Å². The Labute approximate surface area is 127 Å². The summed E-state index contributed by atoms with van der Waals surface area (Å²) < 4.78 is 0. The zero-order valence-corrected chi connectivity index (χ0v) is 12.1. The summed E-state index contributed by atoms with van der Waals surface area (Å²) in [6.07, 6.45) is 6.65. The molecule has 1 aromatic carbocycles. The van der Waals surface area contributed by atoms with Crippen molar-refractivity contribution >= 4 is 16.8 Å². The van der Waals surface area contributed by atoms with Crippen molar-refractivity contribution in [1.82, 2.24) is 24.9 Å². The number of nitrogens with one attached hydrogen (secondary N) is 1. The van der Waals surface area contributed by atoms with Crippen molar-refractivity contribution in [3.8, 4) is 0 Å². The van der Waals surface area contributed by atoms with Gasteiger partial charge in [0, 0.05) is 36.6 Å². The quantitative estimate of drug-likeness (QED) is 0.797. The summed E-state index contributed by atoms with van der Waals surface area (Å²) in [5, 5.41) is 9.44. The highest BCUT2D eigenvalue weighted by atomic mass is 16.2. The monoisotopic (exact) mass is 295 g/mol. The highest BCUT2D eigenvalue weighted by molar-refractivity contribution is 5.84. The number of aromatic amines is 1. The van der Waals surface area contributed by atoms with E-state index in [2.05, 4.69) is 27.3 Å². The van der Waals surface area contributed by atoms with Gasteiger partial charge in [-0.05, 0) is 18.1 Å². The maximum Gasteiger partial charge on any atom is 0.223 e. The highest BCUT2D eigenvalue weighted by Crippen LogP contribution is 2.22. The van der Waals surface area contributed by atoms with Crippen molar-refractivity contribution in [2.45, 2.75) is 18.9 Å². The first kappa shape index (κ1) is 13.1. The number of likely N-dealkylation sites (tertiary alicyclic amines) is 1. The Hall–Kier alpha value is -2.63. The van der Waals surface area contributed by atoms with Crippen LogP contribution in [0.1, 0.15) is 18.0 Å². The summed E-state index contributed by atoms with van der Waals surface area (Å²) >= 11 is 0. The highest BCUT2D eigenvalue weighted by Gasteiger charge is 2.32. The van der Waals surface area contributed by atoms with Crippen LogP contribution in [-0.2, 0) is 11.2 Å². The molecule has 22 heavy (non-hydrogen) atoms. The number of carbonyl (C=O) groups excluding carboxylic acids is 1. The molecule has 6 nitrogen and oxygen atoms in total. The van der Waals surface area contributed by atoms with Gasteiger partial charge in [0.2, 0.25) is 5.91 Å². The first-order chi connectivity index (χ1) is 10.8. The van der Waals surface area contributed by atoms with Crippen molar-refractivity contribution in [2.75, 3.05) is 13.1 Å². The predicted molar refractivity (Wildman–Crippen MR) is 82.3 cm³/mol. The number of hydrogen-bond acceptors (Lipinski definition) is 3. The third-order valence-corrected chi connectivity index (χ3v) is 4.26. The van der Waals surface area contributed by atoms with Gasteiger partial charge in [-0.2, -0.15) is 15.0 Å². The van der Waals surface area contributed by atoms with Crippen molar-refractivity contribution < 1.29 is 4.79 Å². The molecule has 0 aliphatic carbocycles. The molecule has 0 atom stereocenters. The molecular formula is C16H17N5O. The molecule has 0 saturated carbocycles. The Kier molecular flexibility index (Phi) is 3.14. The molecule has 2 aromatic heterocycles. The lowest BCUT2D eigenvalue weighted by Gasteiger charge is -2.38. The van der Waals surface area contributed by atoms with Crippen LogP contribution in [-0.4, -0.2) is 43.9 Å². The van der Waals surface area contributed by atoms with Crippen LogP contribution in [0.25, 0.3) is 10.9 Å². The maximum absolute atomic E-state index is 12.2. The van der Waals surface area contributed by atoms with Gasteiger partial charge in [-0.25, -0.2) is 0 Å². The fourth-order valence-corrected chi connectivity index (χ4v) is 2.96. The van der Waals surface area contributed by atoms with Gasteiger partial charge in [-0.3, -0.25) is 4.79 Å². The van der Waals surface area contributed by atoms with E-state index in [0.29, 0.717) is 19.5 Å². The standard InChI is InChI=1S/C16H17N5O/c22-16(20-10-13(11-20)21-18-7-8-19-21)6-5-12-9-17-15-4-2-1-3-14(12)15/h1-4,7-9,13,17H,5-6,10-11H2. The molecule has 112 valence electrons. The normalized spacial score (nSPS) is 15.2. The zero-order chi connectivity index (χ0) is 14.9. The summed E-state index contributed by atoms with van der Waals surface area (Å²) in [7, 11) is 0. The first-order valence-corrected chi connectivity index (χ1v) is 7.50. The van der Waals surface area contributed by atoms with Crippen LogP contribution in [0.15, 0.2) is 42.9 Å². The number of para-hydroxylation sites is 1. The maximum atomic E-state index is 12.2. The minimum absolute atomic E-state index is 0.202. The molecule has 4 rings (SSSR count). The predicted octanol–water partition coefficient (Wildman–Crippen LogP) is 1.78. The van der Waals surface area contributed by atoms with E-state index in [1.807, 2.05) is 23.2 Å². The molecule has 1 fully saturated rings. The third kappa shape index (κ3) is 2.26.